The zero-order valence-corrected chi connectivity index (χ0v) is 14.4. The molecule has 0 aliphatic rings. The number of ether oxygens (including phenoxy) is 3. The highest BCUT2D eigenvalue weighted by atomic mass is 79.9. The molecule has 3 rings (SSSR count). The largest absolute Gasteiger partial charge is 0.493 e. The first-order valence-electron chi connectivity index (χ1n) is 6.73. The van der Waals surface area contributed by atoms with E-state index in [-0.39, 0.29) is 0 Å². The number of anilines is 2. The summed E-state index contributed by atoms with van der Waals surface area (Å²) in [5, 5.41) is 11.5. The molecule has 0 unspecified atom stereocenters. The van der Waals surface area contributed by atoms with Gasteiger partial charge in [0, 0.05) is 28.5 Å². The Morgan fingerprint density at radius 1 is 1.00 bits per heavy atom. The van der Waals surface area contributed by atoms with Crippen molar-refractivity contribution in [3.63, 3.8) is 0 Å². The second-order valence-corrected chi connectivity index (χ2v) is 5.55. The zero-order chi connectivity index (χ0) is 16.4. The average molecular weight is 379 g/mol. The number of fused-ring (bicyclic) bond motifs is 1. The first-order chi connectivity index (χ1) is 11.2. The van der Waals surface area contributed by atoms with Gasteiger partial charge < -0.3 is 19.5 Å². The van der Waals surface area contributed by atoms with Crippen molar-refractivity contribution in [2.24, 2.45) is 0 Å². The van der Waals surface area contributed by atoms with E-state index in [0.717, 1.165) is 15.8 Å². The van der Waals surface area contributed by atoms with E-state index in [1.165, 1.54) is 0 Å². The van der Waals surface area contributed by atoms with Gasteiger partial charge in [-0.05, 0) is 28.1 Å². The Bertz CT molecular complexity index is 825. The van der Waals surface area contributed by atoms with Gasteiger partial charge in [0.1, 0.15) is 0 Å². The first-order valence-corrected chi connectivity index (χ1v) is 7.53. The summed E-state index contributed by atoms with van der Waals surface area (Å²) in [5.41, 5.74) is 1.48. The van der Waals surface area contributed by atoms with Crippen molar-refractivity contribution in [3.05, 3.63) is 34.9 Å². The molecule has 0 saturated heterocycles. The molecule has 1 aromatic carbocycles. The van der Waals surface area contributed by atoms with Crippen molar-refractivity contribution in [2.75, 3.05) is 26.6 Å². The van der Waals surface area contributed by atoms with Crippen LogP contribution >= 0.6 is 15.9 Å². The maximum atomic E-state index is 5.35. The molecule has 0 saturated carbocycles. The smallest absolute Gasteiger partial charge is 0.233 e. The Balaban J connectivity index is 2.03. The van der Waals surface area contributed by atoms with Crippen LogP contribution in [0.5, 0.6) is 17.2 Å². The normalized spacial score (nSPS) is 10.6. The number of nitrogens with zero attached hydrogens (tertiary/aromatic N) is 3. The van der Waals surface area contributed by atoms with E-state index < -0.39 is 0 Å². The van der Waals surface area contributed by atoms with Crippen molar-refractivity contribution in [2.45, 2.75) is 0 Å². The second-order valence-electron chi connectivity index (χ2n) is 4.64. The van der Waals surface area contributed by atoms with Crippen LogP contribution in [-0.2, 0) is 0 Å². The molecule has 0 aliphatic carbocycles. The Kier molecular flexibility index (Phi) is 4.24. The fraction of sp³-hybridized carbons (Fsp3) is 0.200. The minimum atomic E-state index is 0.536. The summed E-state index contributed by atoms with van der Waals surface area (Å²) in [6.45, 7) is 0. The lowest BCUT2D eigenvalue weighted by atomic mass is 10.2. The molecule has 0 amide bonds. The molecule has 2 heterocycles. The van der Waals surface area contributed by atoms with Crippen LogP contribution in [0.4, 0.5) is 11.6 Å². The highest BCUT2D eigenvalue weighted by molar-refractivity contribution is 9.10. The quantitative estimate of drug-likeness (QED) is 0.734. The highest BCUT2D eigenvalue weighted by Gasteiger charge is 2.14. The number of benzene rings is 1. The molecule has 3 aromatic rings. The summed E-state index contributed by atoms with van der Waals surface area (Å²) in [5.74, 6) is 2.23. The molecule has 0 spiro atoms. The van der Waals surface area contributed by atoms with Crippen LogP contribution in [0.3, 0.4) is 0 Å². The molecule has 0 atom stereocenters. The SMILES string of the molecule is COc1cc(Nc2nnc3ccc(Br)cn23)cc(OC)c1OC. The number of hydrogen-bond acceptors (Lipinski definition) is 6. The van der Waals surface area contributed by atoms with Crippen LogP contribution < -0.4 is 19.5 Å². The molecular formula is C15H15BrN4O3. The molecule has 120 valence electrons. The third-order valence-electron chi connectivity index (χ3n) is 3.29. The first kappa shape index (κ1) is 15.4. The van der Waals surface area contributed by atoms with Gasteiger partial charge in [0.25, 0.3) is 0 Å². The summed E-state index contributed by atoms with van der Waals surface area (Å²) in [4.78, 5) is 0. The topological polar surface area (TPSA) is 69.9 Å². The fourth-order valence-electron chi connectivity index (χ4n) is 2.23. The van der Waals surface area contributed by atoms with Crippen LogP contribution in [0.15, 0.2) is 34.9 Å². The van der Waals surface area contributed by atoms with Crippen LogP contribution in [0.25, 0.3) is 5.65 Å². The Labute approximate surface area is 141 Å². The number of aromatic nitrogens is 3. The van der Waals surface area contributed by atoms with Gasteiger partial charge in [-0.2, -0.15) is 0 Å². The van der Waals surface area contributed by atoms with E-state index in [2.05, 4.69) is 31.4 Å². The predicted octanol–water partition coefficient (Wildman–Crippen LogP) is 3.26. The average Bonchev–Trinajstić information content (AvgIpc) is 2.96. The van der Waals surface area contributed by atoms with Gasteiger partial charge in [-0.15, -0.1) is 10.2 Å². The Morgan fingerprint density at radius 2 is 1.70 bits per heavy atom. The van der Waals surface area contributed by atoms with Gasteiger partial charge in [0.15, 0.2) is 17.1 Å². The van der Waals surface area contributed by atoms with E-state index >= 15 is 0 Å². The summed E-state index contributed by atoms with van der Waals surface area (Å²) < 4.78 is 18.8. The second kappa shape index (κ2) is 6.33. The van der Waals surface area contributed by atoms with E-state index in [1.807, 2.05) is 22.7 Å². The van der Waals surface area contributed by atoms with Crippen LogP contribution in [0.2, 0.25) is 0 Å². The van der Waals surface area contributed by atoms with Crippen LogP contribution in [-0.4, -0.2) is 35.9 Å². The van der Waals surface area contributed by atoms with Gasteiger partial charge in [-0.1, -0.05) is 0 Å². The number of halogens is 1. The highest BCUT2D eigenvalue weighted by Crippen LogP contribution is 2.40. The van der Waals surface area contributed by atoms with Crippen molar-refractivity contribution < 1.29 is 14.2 Å². The van der Waals surface area contributed by atoms with Crippen LogP contribution in [0, 0.1) is 0 Å². The molecule has 0 radical (unpaired) electrons. The molecule has 2 aromatic heterocycles. The van der Waals surface area contributed by atoms with E-state index in [1.54, 1.807) is 33.5 Å². The molecule has 8 heteroatoms. The Morgan fingerprint density at radius 3 is 2.30 bits per heavy atom. The number of nitrogens with one attached hydrogen (secondary N) is 1. The lowest BCUT2D eigenvalue weighted by molar-refractivity contribution is 0.324. The molecule has 0 bridgehead atoms. The van der Waals surface area contributed by atoms with Gasteiger partial charge in [-0.3, -0.25) is 4.40 Å². The van der Waals surface area contributed by atoms with Crippen LogP contribution in [0.1, 0.15) is 0 Å². The van der Waals surface area contributed by atoms with Crippen molar-refractivity contribution in [3.8, 4) is 17.2 Å². The maximum Gasteiger partial charge on any atom is 0.233 e. The summed E-state index contributed by atoms with van der Waals surface area (Å²) in [6, 6.07) is 7.39. The third-order valence-corrected chi connectivity index (χ3v) is 3.76. The zero-order valence-electron chi connectivity index (χ0n) is 12.8. The van der Waals surface area contributed by atoms with Crippen molar-refractivity contribution in [1.82, 2.24) is 14.6 Å². The molecule has 0 fully saturated rings. The number of methoxy groups -OCH3 is 3. The maximum absolute atomic E-state index is 5.35. The predicted molar refractivity (Wildman–Crippen MR) is 90.1 cm³/mol. The van der Waals surface area contributed by atoms with Crippen molar-refractivity contribution in [1.29, 1.82) is 0 Å². The molecule has 0 aliphatic heterocycles. The summed E-state index contributed by atoms with van der Waals surface area (Å²) in [7, 11) is 4.71. The van der Waals surface area contributed by atoms with E-state index in [9.17, 15) is 0 Å². The number of rotatable bonds is 5. The van der Waals surface area contributed by atoms with Crippen molar-refractivity contribution >= 4 is 33.2 Å². The summed E-state index contributed by atoms with van der Waals surface area (Å²) >= 11 is 3.44. The van der Waals surface area contributed by atoms with Gasteiger partial charge in [0.05, 0.1) is 21.3 Å². The lowest BCUT2D eigenvalue weighted by Gasteiger charge is -2.14. The minimum absolute atomic E-state index is 0.536. The number of hydrogen-bond donors (Lipinski definition) is 1. The third kappa shape index (κ3) is 2.89. The monoisotopic (exact) mass is 378 g/mol. The molecule has 23 heavy (non-hydrogen) atoms. The van der Waals surface area contributed by atoms with Gasteiger partial charge in [0.2, 0.25) is 11.7 Å². The van der Waals surface area contributed by atoms with Gasteiger partial charge >= 0.3 is 0 Å². The fourth-order valence-corrected chi connectivity index (χ4v) is 2.57. The van der Waals surface area contributed by atoms with E-state index in [4.69, 9.17) is 14.2 Å². The van der Waals surface area contributed by atoms with E-state index in [0.29, 0.717) is 23.2 Å². The molecular weight excluding hydrogens is 364 g/mol. The lowest BCUT2D eigenvalue weighted by Crippen LogP contribution is -2.00. The number of pyridine rings is 1. The standard InChI is InChI=1S/C15H15BrN4O3/c1-21-11-6-10(7-12(22-2)14(11)23-3)17-15-19-18-13-5-4-9(16)8-20(13)15/h4-8H,1-3H3,(H,17,19). The summed E-state index contributed by atoms with van der Waals surface area (Å²) in [6.07, 6.45) is 1.88. The van der Waals surface area contributed by atoms with Gasteiger partial charge in [-0.25, -0.2) is 0 Å². The molecule has 7 nitrogen and oxygen atoms in total. The molecule has 1 N–H and O–H groups in total. The minimum Gasteiger partial charge on any atom is -0.493 e. The Hall–Kier alpha value is -2.48.